The highest BCUT2D eigenvalue weighted by Gasteiger charge is 2.43. The van der Waals surface area contributed by atoms with Crippen molar-refractivity contribution in [3.05, 3.63) is 35.1 Å². The van der Waals surface area contributed by atoms with E-state index in [9.17, 15) is 9.90 Å². The summed E-state index contributed by atoms with van der Waals surface area (Å²) in [4.78, 5) is 15.2. The number of nitrogens with one attached hydrogen (secondary N) is 2. The summed E-state index contributed by atoms with van der Waals surface area (Å²) < 4.78 is 20.2. The van der Waals surface area contributed by atoms with E-state index in [4.69, 9.17) is 4.74 Å². The van der Waals surface area contributed by atoms with Gasteiger partial charge in [0, 0.05) is 50.9 Å². The highest BCUT2D eigenvalue weighted by molar-refractivity contribution is 5.74. The van der Waals surface area contributed by atoms with Crippen molar-refractivity contribution in [2.24, 2.45) is 11.8 Å². The molecule has 7 heteroatoms. The number of unbranched alkanes of at least 4 members (excludes halogenated alkanes) is 1. The summed E-state index contributed by atoms with van der Waals surface area (Å²) in [7, 11) is 3.59. The molecule has 1 heterocycles. The molecule has 0 aromatic heterocycles. The zero-order valence-corrected chi connectivity index (χ0v) is 22.7. The normalized spacial score (nSPS) is 21.7. The fourth-order valence-electron chi connectivity index (χ4n) is 6.25. The average molecular weight is 506 g/mol. The third kappa shape index (κ3) is 7.90. The number of amides is 2. The molecule has 3 atom stereocenters. The van der Waals surface area contributed by atoms with Crippen LogP contribution >= 0.6 is 0 Å². The molecule has 3 N–H and O–H groups in total. The lowest BCUT2D eigenvalue weighted by Crippen LogP contribution is -2.54. The molecule has 204 valence electrons. The van der Waals surface area contributed by atoms with Gasteiger partial charge < -0.3 is 25.4 Å². The molecule has 1 saturated heterocycles. The zero-order chi connectivity index (χ0) is 26.0. The number of rotatable bonds is 12. The van der Waals surface area contributed by atoms with Crippen LogP contribution in [0.5, 0.6) is 0 Å². The first-order valence-electron chi connectivity index (χ1n) is 14.0. The maximum absolute atomic E-state index is 15.0. The molecule has 0 spiro atoms. The third-order valence-corrected chi connectivity index (χ3v) is 8.25. The summed E-state index contributed by atoms with van der Waals surface area (Å²) in [6, 6.07) is 4.98. The standard InChI is InChI=1S/C29H48FN3O3/c1-22-13-14-27(30)26(18-22)29(35,15-7-8-17-36-3)24-12-9-16-33(21-24)28(34)32-25(20-31-2)19-23-10-5-4-6-11-23/h13-14,18,23-25,31,35H,4-12,15-17,19-21H2,1-3H3,(H,32,34)/t24?,25?,29-/m0/s1. The Hall–Kier alpha value is -1.70. The third-order valence-electron chi connectivity index (χ3n) is 8.25. The van der Waals surface area contributed by atoms with E-state index >= 15 is 4.39 Å². The van der Waals surface area contributed by atoms with Gasteiger partial charge in [-0.1, -0.05) is 49.8 Å². The van der Waals surface area contributed by atoms with Crippen molar-refractivity contribution in [1.29, 1.82) is 0 Å². The zero-order valence-electron chi connectivity index (χ0n) is 22.7. The van der Waals surface area contributed by atoms with Crippen LogP contribution in [0.4, 0.5) is 9.18 Å². The Kier molecular flexibility index (Phi) is 11.5. The fourth-order valence-corrected chi connectivity index (χ4v) is 6.25. The first-order chi connectivity index (χ1) is 17.4. The number of likely N-dealkylation sites (N-methyl/N-ethyl adjacent to an activating group) is 1. The SMILES string of the molecule is CNCC(CC1CCCCC1)NC(=O)N1CCCC([C@@](O)(CCCCOC)c2cc(C)ccc2F)C1. The summed E-state index contributed by atoms with van der Waals surface area (Å²) in [5, 5.41) is 18.6. The number of hydrogen-bond donors (Lipinski definition) is 3. The number of aliphatic hydroxyl groups is 1. The Bertz CT molecular complexity index is 817. The monoisotopic (exact) mass is 505 g/mol. The number of nitrogens with zero attached hydrogens (tertiary/aromatic N) is 1. The van der Waals surface area contributed by atoms with Crippen molar-refractivity contribution in [3.63, 3.8) is 0 Å². The average Bonchev–Trinajstić information content (AvgIpc) is 2.88. The molecule has 1 aromatic rings. The summed E-state index contributed by atoms with van der Waals surface area (Å²) in [6.07, 6.45) is 10.9. The molecule has 0 radical (unpaired) electrons. The minimum atomic E-state index is -1.32. The Morgan fingerprint density at radius 1 is 1.22 bits per heavy atom. The van der Waals surface area contributed by atoms with Crippen molar-refractivity contribution < 1.29 is 19.0 Å². The number of urea groups is 1. The molecule has 2 aliphatic rings. The molecule has 1 aromatic carbocycles. The Morgan fingerprint density at radius 2 is 2.00 bits per heavy atom. The van der Waals surface area contributed by atoms with E-state index in [1.807, 2.05) is 18.9 Å². The molecular formula is C29H48FN3O3. The summed E-state index contributed by atoms with van der Waals surface area (Å²) in [5.41, 5.74) is -0.0443. The Labute approximate surface area is 217 Å². The number of ether oxygens (including phenoxy) is 1. The molecule has 6 nitrogen and oxygen atoms in total. The van der Waals surface area contributed by atoms with Gasteiger partial charge in [-0.25, -0.2) is 9.18 Å². The lowest BCUT2D eigenvalue weighted by atomic mass is 9.73. The van der Waals surface area contributed by atoms with E-state index in [0.29, 0.717) is 37.6 Å². The van der Waals surface area contributed by atoms with Gasteiger partial charge in [0.1, 0.15) is 5.82 Å². The Balaban J connectivity index is 1.72. The second-order valence-corrected chi connectivity index (χ2v) is 11.1. The van der Waals surface area contributed by atoms with E-state index in [-0.39, 0.29) is 23.8 Å². The lowest BCUT2D eigenvalue weighted by molar-refractivity contribution is -0.0588. The minimum Gasteiger partial charge on any atom is -0.385 e. The van der Waals surface area contributed by atoms with Crippen molar-refractivity contribution in [2.45, 2.75) is 89.2 Å². The van der Waals surface area contributed by atoms with E-state index in [2.05, 4.69) is 10.6 Å². The fraction of sp³-hybridized carbons (Fsp3) is 0.759. The first-order valence-corrected chi connectivity index (χ1v) is 14.0. The van der Waals surface area contributed by atoms with Gasteiger partial charge in [0.25, 0.3) is 0 Å². The van der Waals surface area contributed by atoms with Crippen LogP contribution in [-0.2, 0) is 10.3 Å². The number of likely N-dealkylation sites (tertiary alicyclic amines) is 1. The highest BCUT2D eigenvalue weighted by Crippen LogP contribution is 2.41. The van der Waals surface area contributed by atoms with E-state index in [1.165, 1.54) is 38.2 Å². The molecule has 0 bridgehead atoms. The van der Waals surface area contributed by atoms with Crippen LogP contribution in [0.15, 0.2) is 18.2 Å². The minimum absolute atomic E-state index is 0.0674. The van der Waals surface area contributed by atoms with Gasteiger partial charge in [-0.05, 0) is 64.5 Å². The van der Waals surface area contributed by atoms with Gasteiger partial charge in [-0.2, -0.15) is 0 Å². The number of benzene rings is 1. The van der Waals surface area contributed by atoms with Crippen molar-refractivity contribution in [2.75, 3.05) is 40.4 Å². The van der Waals surface area contributed by atoms with E-state index in [1.54, 1.807) is 19.2 Å². The van der Waals surface area contributed by atoms with Crippen molar-refractivity contribution in [3.8, 4) is 0 Å². The smallest absolute Gasteiger partial charge is 0.317 e. The largest absolute Gasteiger partial charge is 0.385 e. The first kappa shape index (κ1) is 28.9. The van der Waals surface area contributed by atoms with Gasteiger partial charge in [-0.3, -0.25) is 0 Å². The number of hydrogen-bond acceptors (Lipinski definition) is 4. The summed E-state index contributed by atoms with van der Waals surface area (Å²) in [6.45, 7) is 4.36. The molecule has 3 rings (SSSR count). The maximum atomic E-state index is 15.0. The molecule has 1 saturated carbocycles. The maximum Gasteiger partial charge on any atom is 0.317 e. The van der Waals surface area contributed by atoms with Gasteiger partial charge in [0.2, 0.25) is 0 Å². The quantitative estimate of drug-likeness (QED) is 0.345. The van der Waals surface area contributed by atoms with Crippen LogP contribution in [0.2, 0.25) is 0 Å². The number of methoxy groups -OCH3 is 1. The van der Waals surface area contributed by atoms with Crippen LogP contribution in [-0.4, -0.2) is 62.5 Å². The molecule has 1 aliphatic heterocycles. The van der Waals surface area contributed by atoms with E-state index in [0.717, 1.165) is 44.2 Å². The lowest BCUT2D eigenvalue weighted by Gasteiger charge is -2.43. The van der Waals surface area contributed by atoms with Crippen LogP contribution in [0, 0.1) is 24.6 Å². The second kappa shape index (κ2) is 14.3. The molecule has 36 heavy (non-hydrogen) atoms. The topological polar surface area (TPSA) is 73.8 Å². The second-order valence-electron chi connectivity index (χ2n) is 11.1. The van der Waals surface area contributed by atoms with E-state index < -0.39 is 5.60 Å². The number of carbonyl (C=O) groups is 1. The van der Waals surface area contributed by atoms with Crippen molar-refractivity contribution >= 4 is 6.03 Å². The van der Waals surface area contributed by atoms with Gasteiger partial charge in [-0.15, -0.1) is 0 Å². The summed E-state index contributed by atoms with van der Waals surface area (Å²) >= 11 is 0. The predicted octanol–water partition coefficient (Wildman–Crippen LogP) is 5.12. The van der Waals surface area contributed by atoms with Crippen LogP contribution in [0.25, 0.3) is 0 Å². The number of carbonyl (C=O) groups excluding carboxylic acids is 1. The molecule has 2 amide bonds. The summed E-state index contributed by atoms with van der Waals surface area (Å²) in [5.74, 6) is 0.0721. The molecular weight excluding hydrogens is 457 g/mol. The van der Waals surface area contributed by atoms with Gasteiger partial charge in [0.15, 0.2) is 0 Å². The van der Waals surface area contributed by atoms with Gasteiger partial charge in [0.05, 0.1) is 5.60 Å². The molecule has 2 unspecified atom stereocenters. The van der Waals surface area contributed by atoms with Gasteiger partial charge >= 0.3 is 6.03 Å². The van der Waals surface area contributed by atoms with Crippen LogP contribution in [0.1, 0.15) is 81.8 Å². The number of aryl methyl sites for hydroxylation is 1. The van der Waals surface area contributed by atoms with Crippen molar-refractivity contribution in [1.82, 2.24) is 15.5 Å². The van der Waals surface area contributed by atoms with Crippen LogP contribution < -0.4 is 10.6 Å². The number of halogens is 1. The molecule has 1 aliphatic carbocycles. The van der Waals surface area contributed by atoms with Crippen LogP contribution in [0.3, 0.4) is 0 Å². The highest BCUT2D eigenvalue weighted by atomic mass is 19.1. The number of piperidine rings is 1. The predicted molar refractivity (Wildman–Crippen MR) is 142 cm³/mol. The Morgan fingerprint density at radius 3 is 2.72 bits per heavy atom. The molecule has 2 fully saturated rings.